The maximum absolute atomic E-state index is 8.24. The van der Waals surface area contributed by atoms with E-state index >= 15 is 0 Å². The predicted molar refractivity (Wildman–Crippen MR) is 186 cm³/mol. The maximum Gasteiger partial charge on any atom is 0.0680 e. The number of aliphatic hydroxyl groups excluding tert-OH is 1. The van der Waals surface area contributed by atoms with E-state index in [1.807, 2.05) is 0 Å². The van der Waals surface area contributed by atoms with Crippen molar-refractivity contribution >= 4 is 22.3 Å². The van der Waals surface area contributed by atoms with Crippen LogP contribution in [0.25, 0.3) is 0 Å². The molecule has 0 radical (unpaired) electrons. The van der Waals surface area contributed by atoms with Gasteiger partial charge in [-0.05, 0) is 154 Å². The molecule has 42 heavy (non-hydrogen) atoms. The van der Waals surface area contributed by atoms with Crippen LogP contribution in [0.2, 0.25) is 0 Å². The number of hydrogen-bond acceptors (Lipinski definition) is 1. The average Bonchev–Trinajstić information content (AvgIpc) is 3.05. The molecule has 5 heteroatoms. The van der Waals surface area contributed by atoms with Gasteiger partial charge in [0.2, 0.25) is 0 Å². The zero-order valence-electron chi connectivity index (χ0n) is 27.3. The molecule has 0 amide bonds. The molecule has 0 atom stereocenters. The van der Waals surface area contributed by atoms with Crippen molar-refractivity contribution in [2.24, 2.45) is 0 Å². The summed E-state index contributed by atoms with van der Waals surface area (Å²) in [6.45, 7) is 0.500. The van der Waals surface area contributed by atoms with Gasteiger partial charge in [0.25, 0.3) is 0 Å². The summed E-state index contributed by atoms with van der Waals surface area (Å²) < 4.78 is 0. The van der Waals surface area contributed by atoms with Crippen molar-refractivity contribution in [1.29, 1.82) is 0 Å². The zero-order valence-corrected chi connectivity index (χ0v) is 31.6. The van der Waals surface area contributed by atoms with Crippen molar-refractivity contribution in [2.45, 2.75) is 227 Å². The van der Waals surface area contributed by atoms with Gasteiger partial charge in [0.15, 0.2) is 0 Å². The van der Waals surface area contributed by atoms with Crippen LogP contribution in [0.15, 0.2) is 0 Å². The van der Waals surface area contributed by atoms with Crippen molar-refractivity contribution in [3.05, 3.63) is 0 Å². The smallest absolute Gasteiger partial charge is 0.0680 e. The number of rotatable bonds is 6. The van der Waals surface area contributed by atoms with Gasteiger partial charge >= 0.3 is 0 Å². The SMILES string of the molecule is C1CCC([PH+](C2CCCCC2)C2CCCCC2)CC1.C1CCC([PH+](C2CCCCC2)C2CCCCC2)CC1.O=[C-]O.[Pt]. The largest absolute Gasteiger partial charge is 0.665 e. The van der Waals surface area contributed by atoms with Gasteiger partial charge < -0.3 is 9.90 Å². The molecule has 0 aromatic rings. The maximum atomic E-state index is 8.24. The number of hydrogen-bond donors (Lipinski definition) is 1. The molecule has 0 aromatic carbocycles. The normalized spacial score (nSPS) is 26.4. The molecule has 0 unspecified atom stereocenters. The van der Waals surface area contributed by atoms with Crippen LogP contribution in [-0.4, -0.2) is 45.5 Å². The summed E-state index contributed by atoms with van der Waals surface area (Å²) in [5.41, 5.74) is 7.36. The minimum absolute atomic E-state index is 0. The first kappa shape index (κ1) is 37.5. The molecule has 6 aliphatic carbocycles. The minimum Gasteiger partial charge on any atom is -0.665 e. The van der Waals surface area contributed by atoms with Crippen molar-refractivity contribution in [1.82, 2.24) is 0 Å². The molecule has 248 valence electrons. The average molecular weight is 803 g/mol. The van der Waals surface area contributed by atoms with E-state index < -0.39 is 0 Å². The molecule has 6 saturated carbocycles. The van der Waals surface area contributed by atoms with Crippen molar-refractivity contribution in [3.8, 4) is 0 Å². The third-order valence-corrected chi connectivity index (χ3v) is 21.6. The zero-order chi connectivity index (χ0) is 28.5. The molecule has 6 aliphatic rings. The van der Waals surface area contributed by atoms with Crippen molar-refractivity contribution in [3.63, 3.8) is 0 Å². The standard InChI is InChI=1S/2C18H33P.CHO2.Pt/c2*1-4-10-16(11-5-1)19(17-12-6-2-7-13-17)18-14-8-3-9-15-18;2-1-3;/h2*16-18H,1-15H2;(H,2,3);/q;;-1;/p+2. The first-order valence-electron chi connectivity index (χ1n) is 19.1. The van der Waals surface area contributed by atoms with E-state index in [0.717, 1.165) is 0 Å². The first-order valence-corrected chi connectivity index (χ1v) is 22.5. The fraction of sp³-hybridized carbons (Fsp3) is 0.973. The summed E-state index contributed by atoms with van der Waals surface area (Å²) >= 11 is 0. The van der Waals surface area contributed by atoms with Crippen LogP contribution in [-0.2, 0) is 25.9 Å². The van der Waals surface area contributed by atoms with E-state index in [1.54, 1.807) is 193 Å². The Hall–Kier alpha value is 1.02. The van der Waals surface area contributed by atoms with Gasteiger partial charge in [0, 0.05) is 36.9 Å². The molecule has 6 rings (SSSR count). The summed E-state index contributed by atoms with van der Waals surface area (Å²) in [6.07, 6.45) is 47.6. The molecule has 0 aliphatic heterocycles. The summed E-state index contributed by atoms with van der Waals surface area (Å²) in [7, 11) is -0.0930. The van der Waals surface area contributed by atoms with E-state index in [-0.39, 0.29) is 36.9 Å². The van der Waals surface area contributed by atoms with Crippen LogP contribution in [0, 0.1) is 0 Å². The molecule has 0 spiro atoms. The van der Waals surface area contributed by atoms with Gasteiger partial charge in [-0.1, -0.05) is 45.0 Å². The third-order valence-electron chi connectivity index (χ3n) is 12.5. The molecule has 0 aromatic heterocycles. The predicted octanol–water partition coefficient (Wildman–Crippen LogP) is 12.0. The Bertz CT molecular complexity index is 517. The Morgan fingerprint density at radius 3 is 0.571 bits per heavy atom. The summed E-state index contributed by atoms with van der Waals surface area (Å²) in [5, 5.41) is 6.76. The van der Waals surface area contributed by atoms with E-state index in [0.29, 0.717) is 6.47 Å². The fourth-order valence-corrected chi connectivity index (χ4v) is 21.1. The van der Waals surface area contributed by atoms with Crippen molar-refractivity contribution in [2.75, 3.05) is 0 Å². The van der Waals surface area contributed by atoms with Crippen LogP contribution >= 0.6 is 15.8 Å². The van der Waals surface area contributed by atoms with Crippen LogP contribution in [0.3, 0.4) is 0 Å². The molecule has 0 saturated heterocycles. The monoisotopic (exact) mass is 802 g/mol. The van der Waals surface area contributed by atoms with E-state index in [9.17, 15) is 0 Å². The first-order chi connectivity index (χ1) is 20.3. The third kappa shape index (κ3) is 12.3. The minimum atomic E-state index is -0.0465. The Balaban J connectivity index is 0.000000207. The topological polar surface area (TPSA) is 37.3 Å². The second-order valence-electron chi connectivity index (χ2n) is 15.1. The second kappa shape index (κ2) is 22.5. The Morgan fingerprint density at radius 2 is 0.452 bits per heavy atom. The van der Waals surface area contributed by atoms with E-state index in [1.165, 1.54) is 34.0 Å². The van der Waals surface area contributed by atoms with Crippen LogP contribution < -0.4 is 0 Å². The molecular weight excluding hydrogens is 733 g/mol. The molecule has 2 nitrogen and oxygen atoms in total. The van der Waals surface area contributed by atoms with Gasteiger partial charge in [-0.3, -0.25) is 0 Å². The molecule has 0 heterocycles. The van der Waals surface area contributed by atoms with Crippen LogP contribution in [0.4, 0.5) is 0 Å². The van der Waals surface area contributed by atoms with Gasteiger partial charge in [0.05, 0.1) is 34.0 Å². The summed E-state index contributed by atoms with van der Waals surface area (Å²) in [6, 6.07) is 0. The Labute approximate surface area is 278 Å². The summed E-state index contributed by atoms with van der Waals surface area (Å²) in [5.74, 6) is 0. The molecular formula is C37H69O2P2Pt+. The van der Waals surface area contributed by atoms with E-state index in [4.69, 9.17) is 9.90 Å². The fourth-order valence-electron chi connectivity index (χ4n) is 10.6. The molecule has 6 fully saturated rings. The van der Waals surface area contributed by atoms with E-state index in [2.05, 4.69) is 0 Å². The quantitative estimate of drug-likeness (QED) is 0.215. The Kier molecular flexibility index (Phi) is 20.1. The van der Waals surface area contributed by atoms with Crippen LogP contribution in [0.1, 0.15) is 193 Å². The van der Waals surface area contributed by atoms with Gasteiger partial charge in [-0.25, -0.2) is 0 Å². The van der Waals surface area contributed by atoms with Gasteiger partial charge in [-0.15, -0.1) is 0 Å². The van der Waals surface area contributed by atoms with Gasteiger partial charge in [-0.2, -0.15) is 0 Å². The summed E-state index contributed by atoms with van der Waals surface area (Å²) in [4.78, 5) is 8.24. The van der Waals surface area contributed by atoms with Crippen molar-refractivity contribution < 1.29 is 31.0 Å². The Morgan fingerprint density at radius 1 is 0.333 bits per heavy atom. The van der Waals surface area contributed by atoms with Crippen LogP contribution in [0.5, 0.6) is 0 Å². The van der Waals surface area contributed by atoms with Gasteiger partial charge in [0.1, 0.15) is 0 Å². The second-order valence-corrected chi connectivity index (χ2v) is 22.0. The molecule has 0 bridgehead atoms. The molecule has 1 N–H and O–H groups in total.